The van der Waals surface area contributed by atoms with Gasteiger partial charge in [0.2, 0.25) is 0 Å². The van der Waals surface area contributed by atoms with Crippen LogP contribution in [-0.2, 0) is 0 Å². The molecule has 2 aliphatic rings. The highest BCUT2D eigenvalue weighted by Crippen LogP contribution is 2.51. The Morgan fingerprint density at radius 3 is 2.75 bits per heavy atom. The molecule has 0 saturated heterocycles. The lowest BCUT2D eigenvalue weighted by Crippen LogP contribution is -2.17. The molecule has 2 rings (SSSR count). The maximum Gasteiger partial charge on any atom is 0.0661 e. The summed E-state index contributed by atoms with van der Waals surface area (Å²) in [5.74, 6) is 2.86. The average Bonchev–Trinajstić information content (AvgIpc) is 2.80. The maximum absolute atomic E-state index is 9.02. The molecule has 0 aromatic carbocycles. The first-order valence-corrected chi connectivity index (χ1v) is 4.82. The van der Waals surface area contributed by atoms with E-state index in [1.54, 1.807) is 0 Å². The Morgan fingerprint density at radius 2 is 2.08 bits per heavy atom. The van der Waals surface area contributed by atoms with Gasteiger partial charge in [-0.1, -0.05) is 26.0 Å². The zero-order valence-corrected chi connectivity index (χ0v) is 7.70. The molecule has 0 heterocycles. The van der Waals surface area contributed by atoms with E-state index in [9.17, 15) is 0 Å². The predicted octanol–water partition coefficient (Wildman–Crippen LogP) is 2.60. The normalized spacial score (nSPS) is 50.6. The first-order valence-electron chi connectivity index (χ1n) is 4.82. The molecule has 0 N–H and O–H groups in total. The van der Waals surface area contributed by atoms with Gasteiger partial charge < -0.3 is 0 Å². The molecular weight excluding hydrogens is 146 g/mol. The lowest BCUT2D eigenvalue weighted by molar-refractivity contribution is 0.330. The summed E-state index contributed by atoms with van der Waals surface area (Å²) in [7, 11) is 0. The molecule has 1 nitrogen and oxygen atoms in total. The molecule has 5 atom stereocenters. The van der Waals surface area contributed by atoms with Gasteiger partial charge in [-0.15, -0.1) is 0 Å². The quantitative estimate of drug-likeness (QED) is 0.501. The van der Waals surface area contributed by atoms with Crippen molar-refractivity contribution in [3.63, 3.8) is 0 Å². The molecule has 0 aromatic rings. The highest BCUT2D eigenvalue weighted by Gasteiger charge is 2.45. The summed E-state index contributed by atoms with van der Waals surface area (Å²) in [5, 5.41) is 9.02. The van der Waals surface area contributed by atoms with E-state index < -0.39 is 0 Å². The first kappa shape index (κ1) is 7.86. The largest absolute Gasteiger partial charge is 0.198 e. The van der Waals surface area contributed by atoms with Crippen LogP contribution in [0.15, 0.2) is 12.2 Å². The second kappa shape index (κ2) is 2.62. The molecule has 0 amide bonds. The van der Waals surface area contributed by atoms with E-state index in [4.69, 9.17) is 5.26 Å². The summed E-state index contributed by atoms with van der Waals surface area (Å²) in [5.41, 5.74) is 0. The van der Waals surface area contributed by atoms with Gasteiger partial charge in [0.05, 0.1) is 12.0 Å². The SMILES string of the molecule is CC1C=CC2CC2C(C#N)C1C. The smallest absolute Gasteiger partial charge is 0.0661 e. The van der Waals surface area contributed by atoms with E-state index in [1.165, 1.54) is 6.42 Å². The predicted molar refractivity (Wildman–Crippen MR) is 48.2 cm³/mol. The molecular formula is C11H15N. The maximum atomic E-state index is 9.02. The summed E-state index contributed by atoms with van der Waals surface area (Å²) in [6.45, 7) is 4.43. The lowest BCUT2D eigenvalue weighted by atomic mass is 9.83. The number of hydrogen-bond acceptors (Lipinski definition) is 1. The standard InChI is InChI=1S/C11H15N/c1-7-3-4-9-5-10(9)11(6-12)8(7)2/h3-4,7-11H,5H2,1-2H3. The number of nitriles is 1. The lowest BCUT2D eigenvalue weighted by Gasteiger charge is -2.20. The molecule has 1 heteroatoms. The highest BCUT2D eigenvalue weighted by molar-refractivity contribution is 5.14. The Bertz CT molecular complexity index is 248. The van der Waals surface area contributed by atoms with Crippen LogP contribution in [0, 0.1) is 40.9 Å². The Balaban J connectivity index is 2.21. The molecule has 2 aliphatic carbocycles. The van der Waals surface area contributed by atoms with Crippen LogP contribution in [-0.4, -0.2) is 0 Å². The molecule has 0 aromatic heterocycles. The fraction of sp³-hybridized carbons (Fsp3) is 0.727. The minimum absolute atomic E-state index is 0.306. The van der Waals surface area contributed by atoms with Crippen molar-refractivity contribution in [3.05, 3.63) is 12.2 Å². The summed E-state index contributed by atoms with van der Waals surface area (Å²) >= 11 is 0. The number of hydrogen-bond donors (Lipinski definition) is 0. The van der Waals surface area contributed by atoms with Gasteiger partial charge in [0.25, 0.3) is 0 Å². The van der Waals surface area contributed by atoms with Crippen LogP contribution in [0.1, 0.15) is 20.3 Å². The van der Waals surface area contributed by atoms with Crippen LogP contribution < -0.4 is 0 Å². The van der Waals surface area contributed by atoms with Crippen molar-refractivity contribution >= 4 is 0 Å². The third-order valence-corrected chi connectivity index (χ3v) is 3.56. The minimum Gasteiger partial charge on any atom is -0.198 e. The van der Waals surface area contributed by atoms with Crippen LogP contribution in [0.3, 0.4) is 0 Å². The Labute approximate surface area is 74.1 Å². The van der Waals surface area contributed by atoms with E-state index in [0.717, 1.165) is 5.92 Å². The van der Waals surface area contributed by atoms with Crippen molar-refractivity contribution in [2.24, 2.45) is 29.6 Å². The minimum atomic E-state index is 0.306. The summed E-state index contributed by atoms with van der Waals surface area (Å²) in [6, 6.07) is 2.48. The average molecular weight is 161 g/mol. The van der Waals surface area contributed by atoms with E-state index in [2.05, 4.69) is 32.1 Å². The number of nitrogens with zero attached hydrogens (tertiary/aromatic N) is 1. The third kappa shape index (κ3) is 1.06. The molecule has 64 valence electrons. The number of allylic oxidation sites excluding steroid dienone is 2. The van der Waals surface area contributed by atoms with Crippen molar-refractivity contribution in [1.82, 2.24) is 0 Å². The van der Waals surface area contributed by atoms with Crippen LogP contribution in [0.4, 0.5) is 0 Å². The molecule has 5 unspecified atom stereocenters. The topological polar surface area (TPSA) is 23.8 Å². The van der Waals surface area contributed by atoms with Gasteiger partial charge in [0, 0.05) is 0 Å². The van der Waals surface area contributed by atoms with E-state index in [-0.39, 0.29) is 0 Å². The fourth-order valence-electron chi connectivity index (χ4n) is 2.29. The fourth-order valence-corrected chi connectivity index (χ4v) is 2.29. The van der Waals surface area contributed by atoms with Crippen LogP contribution >= 0.6 is 0 Å². The van der Waals surface area contributed by atoms with Crippen molar-refractivity contribution in [3.8, 4) is 6.07 Å². The second-order valence-corrected chi connectivity index (χ2v) is 4.32. The summed E-state index contributed by atoms with van der Waals surface area (Å²) in [6.07, 6.45) is 5.88. The molecule has 0 spiro atoms. The van der Waals surface area contributed by atoms with Gasteiger partial charge in [-0.2, -0.15) is 5.26 Å². The van der Waals surface area contributed by atoms with Crippen molar-refractivity contribution in [1.29, 1.82) is 5.26 Å². The van der Waals surface area contributed by atoms with Crippen molar-refractivity contribution < 1.29 is 0 Å². The first-order chi connectivity index (χ1) is 5.74. The Hall–Kier alpha value is -0.770. The second-order valence-electron chi connectivity index (χ2n) is 4.32. The van der Waals surface area contributed by atoms with Gasteiger partial charge in [0.1, 0.15) is 0 Å². The van der Waals surface area contributed by atoms with Crippen LogP contribution in [0.25, 0.3) is 0 Å². The zero-order valence-electron chi connectivity index (χ0n) is 7.70. The van der Waals surface area contributed by atoms with E-state index in [1.807, 2.05) is 0 Å². The Kier molecular flexibility index (Phi) is 1.72. The molecule has 0 bridgehead atoms. The number of fused-ring (bicyclic) bond motifs is 1. The molecule has 0 radical (unpaired) electrons. The van der Waals surface area contributed by atoms with E-state index in [0.29, 0.717) is 23.7 Å². The van der Waals surface area contributed by atoms with Crippen LogP contribution in [0.2, 0.25) is 0 Å². The third-order valence-electron chi connectivity index (χ3n) is 3.56. The molecule has 0 aliphatic heterocycles. The molecule has 12 heavy (non-hydrogen) atoms. The highest BCUT2D eigenvalue weighted by atomic mass is 14.5. The van der Waals surface area contributed by atoms with Gasteiger partial charge in [-0.25, -0.2) is 0 Å². The van der Waals surface area contributed by atoms with Crippen molar-refractivity contribution in [2.45, 2.75) is 20.3 Å². The van der Waals surface area contributed by atoms with Gasteiger partial charge >= 0.3 is 0 Å². The zero-order chi connectivity index (χ0) is 8.72. The van der Waals surface area contributed by atoms with Gasteiger partial charge in [0.15, 0.2) is 0 Å². The van der Waals surface area contributed by atoms with Gasteiger partial charge in [-0.05, 0) is 30.1 Å². The summed E-state index contributed by atoms with van der Waals surface area (Å²) < 4.78 is 0. The van der Waals surface area contributed by atoms with Gasteiger partial charge in [-0.3, -0.25) is 0 Å². The molecule has 1 fully saturated rings. The molecule has 1 saturated carbocycles. The Morgan fingerprint density at radius 1 is 1.33 bits per heavy atom. The monoisotopic (exact) mass is 161 g/mol. The summed E-state index contributed by atoms with van der Waals surface area (Å²) in [4.78, 5) is 0. The number of rotatable bonds is 0. The van der Waals surface area contributed by atoms with Crippen molar-refractivity contribution in [2.75, 3.05) is 0 Å². The van der Waals surface area contributed by atoms with E-state index >= 15 is 0 Å². The van der Waals surface area contributed by atoms with Crippen LogP contribution in [0.5, 0.6) is 0 Å².